The molecule has 0 atom stereocenters. The van der Waals surface area contributed by atoms with Crippen LogP contribution in [0.25, 0.3) is 0 Å². The van der Waals surface area contributed by atoms with E-state index in [0.29, 0.717) is 17.2 Å². The normalized spacial score (nSPS) is 11.2. The second-order valence-electron chi connectivity index (χ2n) is 6.15. The largest absolute Gasteiger partial charge is 0.419 e. The topological polar surface area (TPSA) is 71.1 Å². The Morgan fingerprint density at radius 3 is 2.23 bits per heavy atom. The third kappa shape index (κ3) is 5.50. The third-order valence-electron chi connectivity index (χ3n) is 3.98. The molecule has 0 aliphatic rings. The summed E-state index contributed by atoms with van der Waals surface area (Å²) in [4.78, 5) is 29.0. The molecule has 0 spiro atoms. The van der Waals surface area contributed by atoms with Gasteiger partial charge in [-0.15, -0.1) is 0 Å². The zero-order valence-electron chi connectivity index (χ0n) is 15.2. The fourth-order valence-corrected chi connectivity index (χ4v) is 2.81. The molecule has 2 N–H and O–H groups in total. The highest BCUT2D eigenvalue weighted by Crippen LogP contribution is 2.32. The Morgan fingerprint density at radius 2 is 1.58 bits per heavy atom. The van der Waals surface area contributed by atoms with Crippen molar-refractivity contribution in [3.63, 3.8) is 0 Å². The number of anilines is 2. The number of carbonyl (C=O) groups excluding carboxylic acids is 2. The van der Waals surface area contributed by atoms with E-state index in [4.69, 9.17) is 23.2 Å². The Morgan fingerprint density at radius 1 is 0.871 bits per heavy atom. The van der Waals surface area contributed by atoms with E-state index >= 15 is 0 Å². The number of pyridine rings is 1. The molecule has 0 radical (unpaired) electrons. The van der Waals surface area contributed by atoms with Crippen LogP contribution >= 0.6 is 23.2 Å². The van der Waals surface area contributed by atoms with Crippen LogP contribution in [0.15, 0.2) is 54.7 Å². The summed E-state index contributed by atoms with van der Waals surface area (Å²) in [7, 11) is 0. The fourth-order valence-electron chi connectivity index (χ4n) is 2.52. The number of nitrogens with one attached hydrogen (secondary N) is 2. The van der Waals surface area contributed by atoms with Crippen molar-refractivity contribution in [3.8, 4) is 0 Å². The maximum absolute atomic E-state index is 13.5. The van der Waals surface area contributed by atoms with Gasteiger partial charge in [0.2, 0.25) is 0 Å². The number of carbonyl (C=O) groups is 2. The van der Waals surface area contributed by atoms with Crippen LogP contribution in [0, 0.1) is 5.82 Å². The maximum atomic E-state index is 13.5. The molecule has 3 aromatic rings. The number of alkyl halides is 3. The zero-order valence-corrected chi connectivity index (χ0v) is 16.7. The van der Waals surface area contributed by atoms with Crippen LogP contribution in [0.5, 0.6) is 0 Å². The second kappa shape index (κ2) is 8.91. The molecule has 0 bridgehead atoms. The molecule has 0 unspecified atom stereocenters. The lowest BCUT2D eigenvalue weighted by atomic mass is 10.1. The van der Waals surface area contributed by atoms with E-state index in [1.54, 1.807) is 0 Å². The van der Waals surface area contributed by atoms with E-state index in [1.165, 1.54) is 36.5 Å². The van der Waals surface area contributed by atoms with Gasteiger partial charge in [-0.1, -0.05) is 23.2 Å². The highest BCUT2D eigenvalue weighted by Gasteiger charge is 2.34. The van der Waals surface area contributed by atoms with Crippen molar-refractivity contribution in [2.75, 3.05) is 10.6 Å². The first kappa shape index (κ1) is 22.5. The summed E-state index contributed by atoms with van der Waals surface area (Å²) in [5.41, 5.74) is -2.13. The minimum absolute atomic E-state index is 0.0289. The molecular formula is C20H11Cl2F4N3O2. The lowest BCUT2D eigenvalue weighted by Crippen LogP contribution is -2.19. The summed E-state index contributed by atoms with van der Waals surface area (Å²) in [6.45, 7) is 0. The first-order valence-corrected chi connectivity index (χ1v) is 9.21. The van der Waals surface area contributed by atoms with E-state index in [-0.39, 0.29) is 22.1 Å². The molecule has 5 nitrogen and oxygen atoms in total. The summed E-state index contributed by atoms with van der Waals surface area (Å²) >= 11 is 11.7. The highest BCUT2D eigenvalue weighted by atomic mass is 35.5. The smallest absolute Gasteiger partial charge is 0.321 e. The molecule has 160 valence electrons. The Hall–Kier alpha value is -3.17. The van der Waals surface area contributed by atoms with Gasteiger partial charge < -0.3 is 10.6 Å². The lowest BCUT2D eigenvalue weighted by Gasteiger charge is -2.13. The van der Waals surface area contributed by atoms with Crippen LogP contribution in [-0.2, 0) is 6.18 Å². The van der Waals surface area contributed by atoms with Gasteiger partial charge in [0.1, 0.15) is 11.6 Å². The van der Waals surface area contributed by atoms with Gasteiger partial charge in [0.15, 0.2) is 0 Å². The quantitative estimate of drug-likeness (QED) is 0.455. The molecular weight excluding hydrogens is 461 g/mol. The highest BCUT2D eigenvalue weighted by molar-refractivity contribution is 6.31. The molecule has 0 saturated carbocycles. The Bertz CT molecular complexity index is 1150. The summed E-state index contributed by atoms with van der Waals surface area (Å²) in [5.74, 6) is -3.01. The monoisotopic (exact) mass is 471 g/mol. The van der Waals surface area contributed by atoms with E-state index < -0.39 is 34.9 Å². The van der Waals surface area contributed by atoms with Gasteiger partial charge in [0.05, 0.1) is 21.8 Å². The molecule has 1 aromatic heterocycles. The average molecular weight is 472 g/mol. The molecule has 31 heavy (non-hydrogen) atoms. The maximum Gasteiger partial charge on any atom is 0.419 e. The summed E-state index contributed by atoms with van der Waals surface area (Å²) in [6, 6.07) is 8.70. The molecule has 1 heterocycles. The summed E-state index contributed by atoms with van der Waals surface area (Å²) in [6.07, 6.45) is -3.66. The number of rotatable bonds is 4. The average Bonchev–Trinajstić information content (AvgIpc) is 2.70. The van der Waals surface area contributed by atoms with Crippen LogP contribution in [0.1, 0.15) is 26.3 Å². The van der Waals surface area contributed by atoms with Crippen molar-refractivity contribution in [1.29, 1.82) is 0 Å². The number of nitrogens with zero attached hydrogens (tertiary/aromatic N) is 1. The van der Waals surface area contributed by atoms with E-state index in [9.17, 15) is 27.2 Å². The van der Waals surface area contributed by atoms with Crippen molar-refractivity contribution in [1.82, 2.24) is 4.98 Å². The predicted molar refractivity (Wildman–Crippen MR) is 108 cm³/mol. The lowest BCUT2D eigenvalue weighted by molar-refractivity contribution is -0.140. The van der Waals surface area contributed by atoms with Crippen LogP contribution in [0.3, 0.4) is 0 Å². The summed E-state index contributed by atoms with van der Waals surface area (Å²) in [5, 5.41) is 5.35. The molecule has 11 heteroatoms. The molecule has 2 amide bonds. The van der Waals surface area contributed by atoms with Crippen LogP contribution < -0.4 is 10.6 Å². The molecule has 0 fully saturated rings. The van der Waals surface area contributed by atoms with Gasteiger partial charge in [-0.3, -0.25) is 9.59 Å². The minimum Gasteiger partial charge on any atom is -0.321 e. The van der Waals surface area contributed by atoms with Gasteiger partial charge in [-0.05, 0) is 48.5 Å². The number of halogens is 6. The third-order valence-corrected chi connectivity index (χ3v) is 4.44. The SMILES string of the molecule is O=C(Nc1ccc(Cl)cc1C(=O)Nc1ccc(Cl)cn1)c1ccc(F)c(C(F)(F)F)c1. The standard InChI is InChI=1S/C20H11Cl2F4N3O2/c21-11-2-5-16(13(8-11)19(31)29-17-6-3-12(22)9-27-17)28-18(30)10-1-4-15(23)14(7-10)20(24,25)26/h1-9H,(H,28,30)(H,27,29,31). The zero-order chi connectivity index (χ0) is 22.8. The summed E-state index contributed by atoms with van der Waals surface area (Å²) < 4.78 is 52.2. The first-order chi connectivity index (χ1) is 14.5. The van der Waals surface area contributed by atoms with Gasteiger partial charge in [0, 0.05) is 16.8 Å². The predicted octanol–water partition coefficient (Wildman–Crippen LogP) is 6.05. The van der Waals surface area contributed by atoms with Crippen LogP contribution in [0.4, 0.5) is 29.1 Å². The number of aromatic nitrogens is 1. The Kier molecular flexibility index (Phi) is 6.47. The number of hydrogen-bond donors (Lipinski definition) is 2. The van der Waals surface area contributed by atoms with Gasteiger partial charge >= 0.3 is 6.18 Å². The van der Waals surface area contributed by atoms with E-state index in [2.05, 4.69) is 15.6 Å². The van der Waals surface area contributed by atoms with Crippen molar-refractivity contribution in [2.45, 2.75) is 6.18 Å². The van der Waals surface area contributed by atoms with Gasteiger partial charge in [-0.2, -0.15) is 13.2 Å². The van der Waals surface area contributed by atoms with Crippen molar-refractivity contribution in [3.05, 3.63) is 87.3 Å². The van der Waals surface area contributed by atoms with Crippen LogP contribution in [-0.4, -0.2) is 16.8 Å². The minimum atomic E-state index is -4.97. The fraction of sp³-hybridized carbons (Fsp3) is 0.0500. The van der Waals surface area contributed by atoms with Crippen molar-refractivity contribution < 1.29 is 27.2 Å². The Labute approximate surface area is 183 Å². The Balaban J connectivity index is 1.88. The molecule has 0 aliphatic carbocycles. The molecule has 2 aromatic carbocycles. The van der Waals surface area contributed by atoms with Crippen molar-refractivity contribution >= 4 is 46.5 Å². The van der Waals surface area contributed by atoms with Crippen molar-refractivity contribution in [2.24, 2.45) is 0 Å². The molecule has 3 rings (SSSR count). The van der Waals surface area contributed by atoms with Gasteiger partial charge in [-0.25, -0.2) is 9.37 Å². The number of hydrogen-bond acceptors (Lipinski definition) is 3. The van der Waals surface area contributed by atoms with Gasteiger partial charge in [0.25, 0.3) is 11.8 Å². The van der Waals surface area contributed by atoms with E-state index in [1.807, 2.05) is 0 Å². The number of amides is 2. The van der Waals surface area contributed by atoms with Crippen LogP contribution in [0.2, 0.25) is 10.0 Å². The number of benzene rings is 2. The second-order valence-corrected chi connectivity index (χ2v) is 7.03. The van der Waals surface area contributed by atoms with E-state index in [0.717, 1.165) is 6.07 Å². The molecule has 0 saturated heterocycles. The molecule has 0 aliphatic heterocycles. The first-order valence-electron chi connectivity index (χ1n) is 8.45.